The lowest BCUT2D eigenvalue weighted by Crippen LogP contribution is -2.35. The van der Waals surface area contributed by atoms with Crippen molar-refractivity contribution in [3.05, 3.63) is 35.9 Å². The van der Waals surface area contributed by atoms with Crippen molar-refractivity contribution in [3.63, 3.8) is 0 Å². The number of nitrogens with zero attached hydrogens (tertiary/aromatic N) is 1. The molecule has 1 N–H and O–H groups in total. The van der Waals surface area contributed by atoms with Gasteiger partial charge >= 0.3 is 0 Å². The maximum absolute atomic E-state index is 11.9. The summed E-state index contributed by atoms with van der Waals surface area (Å²) in [4.78, 5) is 13.9. The zero-order valence-corrected chi connectivity index (χ0v) is 10.3. The molecule has 1 saturated carbocycles. The second-order valence-electron chi connectivity index (χ2n) is 5.08. The summed E-state index contributed by atoms with van der Waals surface area (Å²) in [5.41, 5.74) is 2.42. The van der Waals surface area contributed by atoms with Crippen LogP contribution < -0.4 is 0 Å². The van der Waals surface area contributed by atoms with Crippen molar-refractivity contribution in [2.75, 3.05) is 13.1 Å². The van der Waals surface area contributed by atoms with Gasteiger partial charge in [-0.1, -0.05) is 18.2 Å². The van der Waals surface area contributed by atoms with Crippen LogP contribution in [-0.4, -0.2) is 29.0 Å². The molecule has 0 bridgehead atoms. The highest BCUT2D eigenvalue weighted by atomic mass is 16.3. The van der Waals surface area contributed by atoms with Crippen LogP contribution in [0.3, 0.4) is 0 Å². The lowest BCUT2D eigenvalue weighted by Gasteiger charge is -2.26. The van der Waals surface area contributed by atoms with Gasteiger partial charge in [0.2, 0.25) is 5.91 Å². The summed E-state index contributed by atoms with van der Waals surface area (Å²) in [6, 6.07) is 7.27. The fourth-order valence-electron chi connectivity index (χ4n) is 2.40. The summed E-state index contributed by atoms with van der Waals surface area (Å²) in [6.45, 7) is 1.55. The Bertz CT molecular complexity index is 486. The first-order chi connectivity index (χ1) is 8.74. The fourth-order valence-corrected chi connectivity index (χ4v) is 2.40. The normalized spacial score (nSPS) is 19.6. The summed E-state index contributed by atoms with van der Waals surface area (Å²) in [5.74, 6) is 0.935. The fraction of sp³-hybridized carbons (Fsp3) is 0.400. The molecular formula is C15H17NO2. The SMILES string of the molecule is O=C(C1CC1)N1CC=C(c2ccc(O)cc2)CC1. The number of carbonyl (C=O) groups excluding carboxylic acids is 1. The molecule has 1 aliphatic heterocycles. The molecule has 3 rings (SSSR count). The number of phenolic OH excluding ortho intramolecular Hbond substituents is 1. The zero-order valence-electron chi connectivity index (χ0n) is 10.3. The van der Waals surface area contributed by atoms with E-state index in [1.54, 1.807) is 12.1 Å². The van der Waals surface area contributed by atoms with Crippen molar-refractivity contribution >= 4 is 11.5 Å². The molecular weight excluding hydrogens is 226 g/mol. The largest absolute Gasteiger partial charge is 0.508 e. The van der Waals surface area contributed by atoms with Gasteiger partial charge in [0, 0.05) is 19.0 Å². The summed E-state index contributed by atoms with van der Waals surface area (Å²) < 4.78 is 0. The number of phenols is 1. The number of rotatable bonds is 2. The Balaban J connectivity index is 1.69. The average molecular weight is 243 g/mol. The van der Waals surface area contributed by atoms with E-state index in [0.29, 0.717) is 17.6 Å². The Morgan fingerprint density at radius 2 is 1.94 bits per heavy atom. The number of hydrogen-bond donors (Lipinski definition) is 1. The van der Waals surface area contributed by atoms with Crippen LogP contribution in [0.4, 0.5) is 0 Å². The highest BCUT2D eigenvalue weighted by Crippen LogP contribution is 2.32. The molecule has 1 aromatic carbocycles. The van der Waals surface area contributed by atoms with E-state index in [9.17, 15) is 9.90 Å². The van der Waals surface area contributed by atoms with E-state index in [1.165, 1.54) is 5.57 Å². The van der Waals surface area contributed by atoms with Crippen LogP contribution in [0, 0.1) is 5.92 Å². The van der Waals surface area contributed by atoms with Gasteiger partial charge in [-0.05, 0) is 42.5 Å². The third kappa shape index (κ3) is 2.26. The molecule has 0 saturated heterocycles. The summed E-state index contributed by atoms with van der Waals surface area (Å²) >= 11 is 0. The highest BCUT2D eigenvalue weighted by Gasteiger charge is 2.33. The molecule has 2 aliphatic rings. The minimum atomic E-state index is 0.292. The summed E-state index contributed by atoms with van der Waals surface area (Å²) in [7, 11) is 0. The van der Waals surface area contributed by atoms with Crippen molar-refractivity contribution < 1.29 is 9.90 Å². The minimum Gasteiger partial charge on any atom is -0.508 e. The van der Waals surface area contributed by atoms with Gasteiger partial charge in [0.25, 0.3) is 0 Å². The van der Waals surface area contributed by atoms with E-state index in [-0.39, 0.29) is 0 Å². The molecule has 3 nitrogen and oxygen atoms in total. The Morgan fingerprint density at radius 1 is 1.22 bits per heavy atom. The van der Waals surface area contributed by atoms with Crippen LogP contribution in [0.15, 0.2) is 30.3 Å². The first-order valence-electron chi connectivity index (χ1n) is 6.51. The number of benzene rings is 1. The Kier molecular flexibility index (Phi) is 2.82. The Labute approximate surface area is 107 Å². The van der Waals surface area contributed by atoms with Crippen LogP contribution in [0.5, 0.6) is 5.75 Å². The van der Waals surface area contributed by atoms with Crippen molar-refractivity contribution in [2.24, 2.45) is 5.92 Å². The van der Waals surface area contributed by atoms with Gasteiger partial charge in [0.15, 0.2) is 0 Å². The van der Waals surface area contributed by atoms with Crippen molar-refractivity contribution in [3.8, 4) is 5.75 Å². The van der Waals surface area contributed by atoms with Crippen LogP contribution in [0.25, 0.3) is 5.57 Å². The predicted octanol–water partition coefficient (Wildman–Crippen LogP) is 2.42. The van der Waals surface area contributed by atoms with Crippen molar-refractivity contribution in [1.29, 1.82) is 0 Å². The Morgan fingerprint density at radius 3 is 2.50 bits per heavy atom. The molecule has 0 atom stereocenters. The monoisotopic (exact) mass is 243 g/mol. The van der Waals surface area contributed by atoms with Crippen molar-refractivity contribution in [1.82, 2.24) is 4.90 Å². The molecule has 0 spiro atoms. The third-order valence-electron chi connectivity index (χ3n) is 3.69. The zero-order chi connectivity index (χ0) is 12.5. The molecule has 0 aromatic heterocycles. The number of carbonyl (C=O) groups is 1. The van der Waals surface area contributed by atoms with Gasteiger partial charge < -0.3 is 10.0 Å². The molecule has 3 heteroatoms. The van der Waals surface area contributed by atoms with E-state index < -0.39 is 0 Å². The molecule has 1 aliphatic carbocycles. The van der Waals surface area contributed by atoms with Gasteiger partial charge in [-0.25, -0.2) is 0 Å². The van der Waals surface area contributed by atoms with E-state index >= 15 is 0 Å². The van der Waals surface area contributed by atoms with Crippen LogP contribution in [-0.2, 0) is 4.79 Å². The van der Waals surface area contributed by atoms with Gasteiger partial charge in [-0.3, -0.25) is 4.79 Å². The molecule has 1 fully saturated rings. The minimum absolute atomic E-state index is 0.292. The maximum Gasteiger partial charge on any atom is 0.225 e. The van der Waals surface area contributed by atoms with Crippen molar-refractivity contribution in [2.45, 2.75) is 19.3 Å². The molecule has 1 heterocycles. The van der Waals surface area contributed by atoms with Crippen LogP contribution >= 0.6 is 0 Å². The van der Waals surface area contributed by atoms with Gasteiger partial charge in [-0.2, -0.15) is 0 Å². The number of aromatic hydroxyl groups is 1. The smallest absolute Gasteiger partial charge is 0.225 e. The van der Waals surface area contributed by atoms with Crippen LogP contribution in [0.1, 0.15) is 24.8 Å². The molecule has 1 aromatic rings. The van der Waals surface area contributed by atoms with Gasteiger partial charge in [0.05, 0.1) is 0 Å². The average Bonchev–Trinajstić information content (AvgIpc) is 3.23. The second kappa shape index (κ2) is 4.48. The van der Waals surface area contributed by atoms with E-state index in [0.717, 1.165) is 37.9 Å². The van der Waals surface area contributed by atoms with E-state index in [4.69, 9.17) is 0 Å². The summed E-state index contributed by atoms with van der Waals surface area (Å²) in [5, 5.41) is 9.27. The lowest BCUT2D eigenvalue weighted by atomic mass is 9.99. The quantitative estimate of drug-likeness (QED) is 0.866. The number of amides is 1. The predicted molar refractivity (Wildman–Crippen MR) is 70.0 cm³/mol. The number of hydrogen-bond acceptors (Lipinski definition) is 2. The Hall–Kier alpha value is -1.77. The second-order valence-corrected chi connectivity index (χ2v) is 5.08. The molecule has 0 unspecified atom stereocenters. The standard InChI is InChI=1S/C15H17NO2/c17-14-5-3-11(4-6-14)12-7-9-16(10-8-12)15(18)13-1-2-13/h3-7,13,17H,1-2,8-10H2. The maximum atomic E-state index is 11.9. The summed E-state index contributed by atoms with van der Waals surface area (Å²) in [6.07, 6.45) is 5.19. The topological polar surface area (TPSA) is 40.5 Å². The van der Waals surface area contributed by atoms with E-state index in [2.05, 4.69) is 6.08 Å². The molecule has 18 heavy (non-hydrogen) atoms. The van der Waals surface area contributed by atoms with Gasteiger partial charge in [-0.15, -0.1) is 0 Å². The third-order valence-corrected chi connectivity index (χ3v) is 3.69. The van der Waals surface area contributed by atoms with E-state index in [1.807, 2.05) is 17.0 Å². The van der Waals surface area contributed by atoms with Crippen LogP contribution in [0.2, 0.25) is 0 Å². The lowest BCUT2D eigenvalue weighted by molar-refractivity contribution is -0.132. The highest BCUT2D eigenvalue weighted by molar-refractivity contribution is 5.82. The first kappa shape index (κ1) is 11.3. The molecule has 1 amide bonds. The molecule has 0 radical (unpaired) electrons. The first-order valence-corrected chi connectivity index (χ1v) is 6.51. The molecule has 94 valence electrons. The van der Waals surface area contributed by atoms with Gasteiger partial charge in [0.1, 0.15) is 5.75 Å².